The lowest BCUT2D eigenvalue weighted by molar-refractivity contribution is 0.187. The molecule has 0 spiro atoms. The van der Waals surface area contributed by atoms with Crippen molar-refractivity contribution in [3.05, 3.63) is 57.5 Å². The lowest BCUT2D eigenvalue weighted by atomic mass is 10.2. The van der Waals surface area contributed by atoms with Crippen LogP contribution in [0.15, 0.2) is 30.5 Å². The molecule has 0 aliphatic carbocycles. The number of aryl methyl sites for hydroxylation is 1. The largest absolute Gasteiger partial charge is 0.487 e. The number of methoxy groups -OCH3 is 1. The molecule has 6 heteroatoms. The summed E-state index contributed by atoms with van der Waals surface area (Å²) in [4.78, 5) is 4.54. The van der Waals surface area contributed by atoms with Crippen molar-refractivity contribution in [2.24, 2.45) is 0 Å². The molecule has 132 valence electrons. The van der Waals surface area contributed by atoms with Gasteiger partial charge in [-0.15, -0.1) is 0 Å². The average molecular weight is 379 g/mol. The maximum Gasteiger partial charge on any atom is 0.132 e. The quantitative estimate of drug-likeness (QED) is 0.592. The summed E-state index contributed by atoms with van der Waals surface area (Å²) in [5.41, 5.74) is 4.45. The highest BCUT2D eigenvalue weighted by molar-refractivity contribution is 6.42. The highest BCUT2D eigenvalue weighted by atomic mass is 35.5. The van der Waals surface area contributed by atoms with Gasteiger partial charge in [0.05, 0.1) is 22.2 Å². The van der Waals surface area contributed by atoms with Gasteiger partial charge in [-0.05, 0) is 37.6 Å². The smallest absolute Gasteiger partial charge is 0.132 e. The zero-order valence-electron chi connectivity index (χ0n) is 14.5. The van der Waals surface area contributed by atoms with E-state index in [2.05, 4.69) is 23.4 Å². The topological polar surface area (TPSA) is 36.3 Å². The van der Waals surface area contributed by atoms with E-state index in [9.17, 15) is 0 Å². The predicted molar refractivity (Wildman–Crippen MR) is 102 cm³/mol. The van der Waals surface area contributed by atoms with Crippen LogP contribution in [0, 0.1) is 13.8 Å². The average Bonchev–Trinajstić information content (AvgIpc) is 2.86. The number of rotatable bonds is 6. The molecule has 0 aliphatic heterocycles. The van der Waals surface area contributed by atoms with Crippen LogP contribution in [-0.2, 0) is 17.9 Å². The summed E-state index contributed by atoms with van der Waals surface area (Å²) in [7, 11) is 1.71. The highest BCUT2D eigenvalue weighted by Crippen LogP contribution is 2.29. The Morgan fingerprint density at radius 1 is 1.12 bits per heavy atom. The van der Waals surface area contributed by atoms with Gasteiger partial charge in [-0.2, -0.15) is 0 Å². The Balaban J connectivity index is 1.95. The second-order valence-corrected chi connectivity index (χ2v) is 6.69. The van der Waals surface area contributed by atoms with Crippen LogP contribution in [0.5, 0.6) is 5.75 Å². The Morgan fingerprint density at radius 3 is 2.64 bits per heavy atom. The summed E-state index contributed by atoms with van der Waals surface area (Å²) < 4.78 is 13.4. The molecule has 0 saturated carbocycles. The lowest BCUT2D eigenvalue weighted by Gasteiger charge is -2.12. The first-order valence-corrected chi connectivity index (χ1v) is 8.78. The third kappa shape index (κ3) is 3.61. The van der Waals surface area contributed by atoms with E-state index in [1.807, 2.05) is 12.3 Å². The van der Waals surface area contributed by atoms with Gasteiger partial charge in [-0.1, -0.05) is 23.2 Å². The fourth-order valence-electron chi connectivity index (χ4n) is 2.95. The number of fused-ring (bicyclic) bond motifs is 1. The number of halogens is 2. The number of pyridine rings is 1. The minimum Gasteiger partial charge on any atom is -0.487 e. The first kappa shape index (κ1) is 18.1. The molecule has 0 fully saturated rings. The zero-order valence-corrected chi connectivity index (χ0v) is 16.0. The number of benzene rings is 1. The molecule has 0 radical (unpaired) electrons. The van der Waals surface area contributed by atoms with Crippen LogP contribution in [-0.4, -0.2) is 23.3 Å². The third-order valence-electron chi connectivity index (χ3n) is 4.41. The Labute approximate surface area is 157 Å². The van der Waals surface area contributed by atoms with Crippen molar-refractivity contribution in [3.8, 4) is 5.75 Å². The molecule has 0 saturated heterocycles. The normalized spacial score (nSPS) is 11.2. The van der Waals surface area contributed by atoms with Crippen molar-refractivity contribution in [1.82, 2.24) is 9.55 Å². The van der Waals surface area contributed by atoms with Gasteiger partial charge < -0.3 is 14.0 Å². The summed E-state index contributed by atoms with van der Waals surface area (Å²) in [5.74, 6) is 0.664. The van der Waals surface area contributed by atoms with E-state index in [0.717, 1.165) is 17.8 Å². The SMILES string of the molecule is COCCn1c(C)c(C)c2ccnc(COc3ccc(Cl)c(Cl)c3)c21. The molecule has 0 bridgehead atoms. The van der Waals surface area contributed by atoms with Gasteiger partial charge in [-0.25, -0.2) is 0 Å². The molecule has 0 unspecified atom stereocenters. The van der Waals surface area contributed by atoms with E-state index < -0.39 is 0 Å². The van der Waals surface area contributed by atoms with E-state index in [1.165, 1.54) is 16.6 Å². The summed E-state index contributed by atoms with van der Waals surface area (Å²) in [6, 6.07) is 7.28. The summed E-state index contributed by atoms with van der Waals surface area (Å²) >= 11 is 12.0. The molecule has 3 aromatic rings. The molecular formula is C19H20Cl2N2O2. The van der Waals surface area contributed by atoms with Crippen LogP contribution < -0.4 is 4.74 Å². The molecule has 0 aliphatic rings. The summed E-state index contributed by atoms with van der Waals surface area (Å²) in [6.45, 7) is 6.02. The molecule has 0 amide bonds. The number of aromatic nitrogens is 2. The second-order valence-electron chi connectivity index (χ2n) is 5.87. The molecule has 0 N–H and O–H groups in total. The van der Waals surface area contributed by atoms with Crippen molar-refractivity contribution in [3.63, 3.8) is 0 Å². The van der Waals surface area contributed by atoms with Crippen molar-refractivity contribution in [1.29, 1.82) is 0 Å². The van der Waals surface area contributed by atoms with Crippen LogP contribution >= 0.6 is 23.2 Å². The predicted octanol–water partition coefficient (Wildman–Crippen LogP) is 5.19. The maximum atomic E-state index is 6.05. The Bertz CT molecular complexity index is 906. The van der Waals surface area contributed by atoms with Gasteiger partial charge in [0.25, 0.3) is 0 Å². The highest BCUT2D eigenvalue weighted by Gasteiger charge is 2.15. The third-order valence-corrected chi connectivity index (χ3v) is 5.15. The van der Waals surface area contributed by atoms with E-state index >= 15 is 0 Å². The second kappa shape index (κ2) is 7.65. The first-order valence-electron chi connectivity index (χ1n) is 8.03. The van der Waals surface area contributed by atoms with E-state index in [4.69, 9.17) is 32.7 Å². The Kier molecular flexibility index (Phi) is 5.52. The van der Waals surface area contributed by atoms with Crippen molar-refractivity contribution >= 4 is 34.1 Å². The molecule has 4 nitrogen and oxygen atoms in total. The molecule has 0 atom stereocenters. The monoisotopic (exact) mass is 378 g/mol. The first-order chi connectivity index (χ1) is 12.0. The van der Waals surface area contributed by atoms with Crippen molar-refractivity contribution in [2.75, 3.05) is 13.7 Å². The number of nitrogens with zero attached hydrogens (tertiary/aromatic N) is 2. The van der Waals surface area contributed by atoms with Crippen molar-refractivity contribution in [2.45, 2.75) is 27.0 Å². The van der Waals surface area contributed by atoms with Gasteiger partial charge in [0.15, 0.2) is 0 Å². The Hall–Kier alpha value is -1.75. The number of hydrogen-bond acceptors (Lipinski definition) is 3. The van der Waals surface area contributed by atoms with Gasteiger partial charge in [-0.3, -0.25) is 4.98 Å². The van der Waals surface area contributed by atoms with Crippen molar-refractivity contribution < 1.29 is 9.47 Å². The molecular weight excluding hydrogens is 359 g/mol. The van der Waals surface area contributed by atoms with E-state index in [1.54, 1.807) is 25.3 Å². The fourth-order valence-corrected chi connectivity index (χ4v) is 3.24. The van der Waals surface area contributed by atoms with Crippen LogP contribution in [0.2, 0.25) is 10.0 Å². The van der Waals surface area contributed by atoms with Crippen LogP contribution in [0.1, 0.15) is 17.0 Å². The van der Waals surface area contributed by atoms with Crippen LogP contribution in [0.25, 0.3) is 10.9 Å². The molecule has 2 heterocycles. The van der Waals surface area contributed by atoms with E-state index in [-0.39, 0.29) is 0 Å². The maximum absolute atomic E-state index is 6.05. The lowest BCUT2D eigenvalue weighted by Crippen LogP contribution is -2.09. The van der Waals surface area contributed by atoms with Crippen LogP contribution in [0.3, 0.4) is 0 Å². The molecule has 1 aromatic carbocycles. The minimum atomic E-state index is 0.352. The number of hydrogen-bond donors (Lipinski definition) is 0. The van der Waals surface area contributed by atoms with Gasteiger partial charge in [0.2, 0.25) is 0 Å². The summed E-state index contributed by atoms with van der Waals surface area (Å²) in [6.07, 6.45) is 1.82. The van der Waals surface area contributed by atoms with Gasteiger partial charge >= 0.3 is 0 Å². The van der Waals surface area contributed by atoms with Gasteiger partial charge in [0.1, 0.15) is 18.1 Å². The molecule has 2 aromatic heterocycles. The molecule has 3 rings (SSSR count). The number of ether oxygens (including phenoxy) is 2. The fraction of sp³-hybridized carbons (Fsp3) is 0.316. The Morgan fingerprint density at radius 2 is 1.92 bits per heavy atom. The standard InChI is InChI=1S/C19H20Cl2N2O2/c1-12-13(2)23(8-9-24-3)19-15(12)6-7-22-18(19)11-25-14-4-5-16(20)17(21)10-14/h4-7,10H,8-9,11H2,1-3H3. The minimum absolute atomic E-state index is 0.352. The van der Waals surface area contributed by atoms with Gasteiger partial charge in [0, 0.05) is 37.0 Å². The molecule has 25 heavy (non-hydrogen) atoms. The summed E-state index contributed by atoms with van der Waals surface area (Å²) in [5, 5.41) is 2.17. The van der Waals surface area contributed by atoms with Crippen LogP contribution in [0.4, 0.5) is 0 Å². The zero-order chi connectivity index (χ0) is 18.0. The van der Waals surface area contributed by atoms with E-state index in [0.29, 0.717) is 29.0 Å².